The van der Waals surface area contributed by atoms with Crippen molar-refractivity contribution < 1.29 is 9.18 Å². The fourth-order valence-electron chi connectivity index (χ4n) is 1.65. The number of carbonyl (C=O) groups excluding carboxylic acids is 1. The fraction of sp³-hybridized carbons (Fsp3) is 0.300. The summed E-state index contributed by atoms with van der Waals surface area (Å²) >= 11 is 5.68. The number of nitrogens with zero attached hydrogens (tertiary/aromatic N) is 1. The molecule has 1 aliphatic heterocycles. The van der Waals surface area contributed by atoms with Gasteiger partial charge in [-0.1, -0.05) is 17.7 Å². The smallest absolute Gasteiger partial charge is 0.317 e. The first kappa shape index (κ1) is 10.2. The zero-order valence-electron chi connectivity index (χ0n) is 8.13. The van der Waals surface area contributed by atoms with Crippen molar-refractivity contribution in [2.24, 2.45) is 0 Å². The Morgan fingerprint density at radius 3 is 2.87 bits per heavy atom. The predicted molar refractivity (Wildman–Crippen MR) is 55.3 cm³/mol. The van der Waals surface area contributed by atoms with Gasteiger partial charge in [-0.3, -0.25) is 0 Å². The lowest BCUT2D eigenvalue weighted by Crippen LogP contribution is -2.25. The molecule has 1 aromatic carbocycles. The number of nitrogens with one attached hydrogen (secondary N) is 1. The molecule has 1 fully saturated rings. The largest absolute Gasteiger partial charge is 0.336 e. The maximum atomic E-state index is 12.9. The van der Waals surface area contributed by atoms with Crippen molar-refractivity contribution in [3.63, 3.8) is 0 Å². The van der Waals surface area contributed by atoms with Crippen LogP contribution in [0.5, 0.6) is 0 Å². The summed E-state index contributed by atoms with van der Waals surface area (Å²) in [5, 5.41) is 2.79. The number of rotatable bonds is 1. The first-order chi connectivity index (χ1) is 7.09. The van der Waals surface area contributed by atoms with Crippen LogP contribution >= 0.6 is 11.6 Å². The van der Waals surface area contributed by atoms with E-state index in [1.54, 1.807) is 24.1 Å². The molecule has 1 unspecified atom stereocenters. The van der Waals surface area contributed by atoms with E-state index < -0.39 is 5.82 Å². The highest BCUT2D eigenvalue weighted by Gasteiger charge is 2.28. The first-order valence-electron chi connectivity index (χ1n) is 4.55. The highest BCUT2D eigenvalue weighted by molar-refractivity contribution is 6.30. The van der Waals surface area contributed by atoms with Crippen molar-refractivity contribution >= 4 is 17.6 Å². The van der Waals surface area contributed by atoms with Crippen molar-refractivity contribution in [3.8, 4) is 0 Å². The van der Waals surface area contributed by atoms with Crippen LogP contribution in [0.1, 0.15) is 11.6 Å². The van der Waals surface area contributed by atoms with Gasteiger partial charge in [-0.25, -0.2) is 9.18 Å². The summed E-state index contributed by atoms with van der Waals surface area (Å²) in [5.74, 6) is -0.444. The molecule has 3 nitrogen and oxygen atoms in total. The Balaban J connectivity index is 2.30. The van der Waals surface area contributed by atoms with E-state index in [0.717, 1.165) is 5.56 Å². The third kappa shape index (κ3) is 1.77. The van der Waals surface area contributed by atoms with Crippen molar-refractivity contribution in [1.29, 1.82) is 0 Å². The molecule has 1 heterocycles. The molecule has 0 aromatic heterocycles. The highest BCUT2D eigenvalue weighted by atomic mass is 35.5. The van der Waals surface area contributed by atoms with Crippen LogP contribution in [0.3, 0.4) is 0 Å². The van der Waals surface area contributed by atoms with Gasteiger partial charge >= 0.3 is 6.03 Å². The molecule has 0 bridgehead atoms. The Morgan fingerprint density at radius 1 is 1.60 bits per heavy atom. The van der Waals surface area contributed by atoms with E-state index in [2.05, 4.69) is 5.32 Å². The van der Waals surface area contributed by atoms with Crippen molar-refractivity contribution in [3.05, 3.63) is 34.6 Å². The molecule has 2 amide bonds. The third-order valence-electron chi connectivity index (χ3n) is 2.56. The summed E-state index contributed by atoms with van der Waals surface area (Å²) in [6.45, 7) is 0.525. The second kappa shape index (κ2) is 3.70. The maximum Gasteiger partial charge on any atom is 0.317 e. The van der Waals surface area contributed by atoms with Crippen LogP contribution in [-0.2, 0) is 0 Å². The standard InChI is InChI=1S/C10H10ClFN2O/c1-14-9(5-13-10(14)15)6-2-3-8(12)7(11)4-6/h2-4,9H,5H2,1H3,(H,13,15). The van der Waals surface area contributed by atoms with Gasteiger partial charge in [0.2, 0.25) is 0 Å². The van der Waals surface area contributed by atoms with Gasteiger partial charge < -0.3 is 10.2 Å². The molecule has 5 heteroatoms. The van der Waals surface area contributed by atoms with Gasteiger partial charge in [0.1, 0.15) is 5.82 Å². The van der Waals surface area contributed by atoms with Crippen molar-refractivity contribution in [2.45, 2.75) is 6.04 Å². The molecule has 2 rings (SSSR count). The van der Waals surface area contributed by atoms with Crippen molar-refractivity contribution in [2.75, 3.05) is 13.6 Å². The van der Waals surface area contributed by atoms with Gasteiger partial charge in [0.05, 0.1) is 11.1 Å². The van der Waals surface area contributed by atoms with Gasteiger partial charge in [0, 0.05) is 13.6 Å². The second-order valence-corrected chi connectivity index (χ2v) is 3.89. The Hall–Kier alpha value is -1.29. The summed E-state index contributed by atoms with van der Waals surface area (Å²) in [6.07, 6.45) is 0. The number of urea groups is 1. The summed E-state index contributed by atoms with van der Waals surface area (Å²) in [6, 6.07) is 4.31. The van der Waals surface area contributed by atoms with Gasteiger partial charge in [0.25, 0.3) is 0 Å². The molecule has 0 radical (unpaired) electrons. The van der Waals surface area contributed by atoms with E-state index in [1.165, 1.54) is 6.07 Å². The minimum absolute atomic E-state index is 0.0735. The lowest BCUT2D eigenvalue weighted by Gasteiger charge is -2.18. The van der Waals surface area contributed by atoms with E-state index in [-0.39, 0.29) is 17.1 Å². The Labute approximate surface area is 91.8 Å². The number of halogens is 2. The summed E-state index contributed by atoms with van der Waals surface area (Å²) < 4.78 is 12.9. The van der Waals surface area contributed by atoms with E-state index >= 15 is 0 Å². The minimum Gasteiger partial charge on any atom is -0.336 e. The van der Waals surface area contributed by atoms with Crippen LogP contribution in [0.15, 0.2) is 18.2 Å². The molecule has 15 heavy (non-hydrogen) atoms. The lowest BCUT2D eigenvalue weighted by atomic mass is 10.1. The average Bonchev–Trinajstić information content (AvgIpc) is 2.53. The number of benzene rings is 1. The van der Waals surface area contributed by atoms with Gasteiger partial charge in [-0.05, 0) is 17.7 Å². The van der Waals surface area contributed by atoms with Crippen molar-refractivity contribution in [1.82, 2.24) is 10.2 Å². The van der Waals surface area contributed by atoms with Crippen LogP contribution in [0.25, 0.3) is 0 Å². The molecule has 80 valence electrons. The number of hydrogen-bond donors (Lipinski definition) is 1. The molecule has 1 atom stereocenters. The molecular weight excluding hydrogens is 219 g/mol. The fourth-order valence-corrected chi connectivity index (χ4v) is 1.84. The lowest BCUT2D eigenvalue weighted by molar-refractivity contribution is 0.217. The number of hydrogen-bond acceptors (Lipinski definition) is 1. The molecule has 0 spiro atoms. The first-order valence-corrected chi connectivity index (χ1v) is 4.93. The quantitative estimate of drug-likeness (QED) is 0.785. The molecular formula is C10H10ClFN2O. The topological polar surface area (TPSA) is 32.3 Å². The molecule has 0 aliphatic carbocycles. The number of likely N-dealkylation sites (N-methyl/N-ethyl adjacent to an activating group) is 1. The predicted octanol–water partition coefficient (Wildman–Crippen LogP) is 2.18. The monoisotopic (exact) mass is 228 g/mol. The van der Waals surface area contributed by atoms with E-state index in [9.17, 15) is 9.18 Å². The Kier molecular flexibility index (Phi) is 2.52. The third-order valence-corrected chi connectivity index (χ3v) is 2.85. The highest BCUT2D eigenvalue weighted by Crippen LogP contribution is 2.26. The second-order valence-electron chi connectivity index (χ2n) is 3.49. The van der Waals surface area contributed by atoms with Crippen LogP contribution in [-0.4, -0.2) is 24.5 Å². The summed E-state index contributed by atoms with van der Waals surface area (Å²) in [4.78, 5) is 12.8. The number of carbonyl (C=O) groups is 1. The summed E-state index contributed by atoms with van der Waals surface area (Å²) in [7, 11) is 1.70. The molecule has 1 aromatic rings. The molecule has 1 aliphatic rings. The van der Waals surface area contributed by atoms with Gasteiger partial charge in [0.15, 0.2) is 0 Å². The van der Waals surface area contributed by atoms with Crippen LogP contribution < -0.4 is 5.32 Å². The molecule has 1 N–H and O–H groups in total. The SMILES string of the molecule is CN1C(=O)NCC1c1ccc(F)c(Cl)c1. The molecule has 1 saturated heterocycles. The van der Waals surface area contributed by atoms with E-state index in [0.29, 0.717) is 6.54 Å². The normalized spacial score (nSPS) is 20.6. The zero-order chi connectivity index (χ0) is 11.0. The van der Waals surface area contributed by atoms with Gasteiger partial charge in [-0.2, -0.15) is 0 Å². The van der Waals surface area contributed by atoms with Gasteiger partial charge in [-0.15, -0.1) is 0 Å². The number of amides is 2. The average molecular weight is 229 g/mol. The zero-order valence-corrected chi connectivity index (χ0v) is 8.88. The van der Waals surface area contributed by atoms with E-state index in [1.807, 2.05) is 0 Å². The Morgan fingerprint density at radius 2 is 2.33 bits per heavy atom. The van der Waals surface area contributed by atoms with Crippen LogP contribution in [0.2, 0.25) is 5.02 Å². The maximum absolute atomic E-state index is 12.9. The van der Waals surface area contributed by atoms with E-state index in [4.69, 9.17) is 11.6 Å². The van der Waals surface area contributed by atoms with Crippen LogP contribution in [0, 0.1) is 5.82 Å². The summed E-state index contributed by atoms with van der Waals surface area (Å²) in [5.41, 5.74) is 0.835. The Bertz CT molecular complexity index is 410. The van der Waals surface area contributed by atoms with Crippen LogP contribution in [0.4, 0.5) is 9.18 Å². The molecule has 0 saturated carbocycles. The minimum atomic E-state index is -0.444.